The van der Waals surface area contributed by atoms with Crippen LogP contribution in [-0.2, 0) is 0 Å². The SMILES string of the molecule is C/C(=N\NC(=O)c1nnn(-c2nonc2N)c1-c1cccs1)c1ccccc1O. The lowest BCUT2D eigenvalue weighted by Crippen LogP contribution is -2.20. The molecule has 0 fully saturated rings. The van der Waals surface area contributed by atoms with E-state index in [-0.39, 0.29) is 23.1 Å². The molecule has 0 atom stereocenters. The maximum Gasteiger partial charge on any atom is 0.294 e. The fourth-order valence-electron chi connectivity index (χ4n) is 2.58. The number of para-hydroxylation sites is 1. The number of aromatic hydroxyl groups is 1. The van der Waals surface area contributed by atoms with Crippen molar-refractivity contribution in [3.63, 3.8) is 0 Å². The molecular formula is C17H14N8O3S. The smallest absolute Gasteiger partial charge is 0.294 e. The minimum Gasteiger partial charge on any atom is -0.507 e. The lowest BCUT2D eigenvalue weighted by Gasteiger charge is -2.05. The zero-order valence-corrected chi connectivity index (χ0v) is 15.8. The molecule has 0 aliphatic rings. The second-order valence-electron chi connectivity index (χ2n) is 5.80. The number of hydrazone groups is 1. The van der Waals surface area contributed by atoms with Crippen LogP contribution in [-0.4, -0.2) is 42.0 Å². The number of nitrogens with zero attached hydrogens (tertiary/aromatic N) is 6. The number of nitrogens with one attached hydrogen (secondary N) is 1. The number of benzene rings is 1. The fraction of sp³-hybridized carbons (Fsp3) is 0.0588. The lowest BCUT2D eigenvalue weighted by molar-refractivity contribution is 0.0950. The van der Waals surface area contributed by atoms with Gasteiger partial charge in [-0.1, -0.05) is 23.4 Å². The standard InChI is InChI=1S/C17H14N8O3S/c1-9(10-5-2-3-6-11(10)26)19-21-17(27)13-14(12-7-4-8-29-12)25(24-20-13)16-15(18)22-28-23-16/h2-8,26H,1H3,(H2,18,22)(H,21,27)/b19-9+. The van der Waals surface area contributed by atoms with E-state index in [1.165, 1.54) is 22.1 Å². The number of anilines is 1. The van der Waals surface area contributed by atoms with Crippen molar-refractivity contribution in [1.29, 1.82) is 0 Å². The molecule has 0 spiro atoms. The first-order valence-electron chi connectivity index (χ1n) is 8.27. The first-order valence-corrected chi connectivity index (χ1v) is 9.15. The summed E-state index contributed by atoms with van der Waals surface area (Å²) in [6.45, 7) is 1.66. The van der Waals surface area contributed by atoms with E-state index in [4.69, 9.17) is 5.73 Å². The molecular weight excluding hydrogens is 396 g/mol. The first kappa shape index (κ1) is 18.3. The number of hydrogen-bond donors (Lipinski definition) is 3. The molecule has 3 heterocycles. The highest BCUT2D eigenvalue weighted by Gasteiger charge is 2.25. The van der Waals surface area contributed by atoms with E-state index in [1.807, 2.05) is 11.4 Å². The summed E-state index contributed by atoms with van der Waals surface area (Å²) in [6.07, 6.45) is 0. The highest BCUT2D eigenvalue weighted by Crippen LogP contribution is 2.29. The number of aromatic nitrogens is 5. The van der Waals surface area contributed by atoms with Gasteiger partial charge in [-0.05, 0) is 40.8 Å². The average molecular weight is 410 g/mol. The molecule has 0 saturated carbocycles. The number of thiophene rings is 1. The second-order valence-corrected chi connectivity index (χ2v) is 6.75. The van der Waals surface area contributed by atoms with Crippen molar-refractivity contribution < 1.29 is 14.5 Å². The third-order valence-electron chi connectivity index (χ3n) is 3.96. The normalized spacial score (nSPS) is 11.6. The van der Waals surface area contributed by atoms with Crippen LogP contribution in [0.3, 0.4) is 0 Å². The molecule has 1 amide bonds. The Morgan fingerprint density at radius 1 is 1.28 bits per heavy atom. The summed E-state index contributed by atoms with van der Waals surface area (Å²) in [5.41, 5.74) is 9.50. The summed E-state index contributed by atoms with van der Waals surface area (Å²) in [7, 11) is 0. The van der Waals surface area contributed by atoms with Gasteiger partial charge in [-0.25, -0.2) is 10.1 Å². The number of amides is 1. The van der Waals surface area contributed by atoms with Crippen LogP contribution >= 0.6 is 11.3 Å². The van der Waals surface area contributed by atoms with Crippen LogP contribution in [0.15, 0.2) is 51.5 Å². The Bertz CT molecular complexity index is 1200. The lowest BCUT2D eigenvalue weighted by atomic mass is 10.1. The van der Waals surface area contributed by atoms with E-state index < -0.39 is 5.91 Å². The molecule has 0 aliphatic heterocycles. The Kier molecular flexibility index (Phi) is 4.75. The number of hydrogen-bond acceptors (Lipinski definition) is 10. The van der Waals surface area contributed by atoms with Crippen molar-refractivity contribution in [2.45, 2.75) is 6.92 Å². The Labute approximate surface area is 167 Å². The first-order chi connectivity index (χ1) is 14.1. The van der Waals surface area contributed by atoms with Gasteiger partial charge in [-0.3, -0.25) is 4.79 Å². The zero-order chi connectivity index (χ0) is 20.4. The van der Waals surface area contributed by atoms with Gasteiger partial charge < -0.3 is 10.8 Å². The van der Waals surface area contributed by atoms with E-state index in [9.17, 15) is 9.90 Å². The quantitative estimate of drug-likeness (QED) is 0.332. The summed E-state index contributed by atoms with van der Waals surface area (Å²) in [4.78, 5) is 13.5. The Morgan fingerprint density at radius 2 is 2.10 bits per heavy atom. The van der Waals surface area contributed by atoms with Crippen LogP contribution in [0, 0.1) is 0 Å². The van der Waals surface area contributed by atoms with Gasteiger partial charge in [0.1, 0.15) is 11.4 Å². The van der Waals surface area contributed by atoms with Crippen LogP contribution in [0.2, 0.25) is 0 Å². The van der Waals surface area contributed by atoms with E-state index in [0.717, 1.165) is 0 Å². The third kappa shape index (κ3) is 3.43. The summed E-state index contributed by atoms with van der Waals surface area (Å²) in [6, 6.07) is 10.3. The Morgan fingerprint density at radius 3 is 2.79 bits per heavy atom. The largest absolute Gasteiger partial charge is 0.507 e. The highest BCUT2D eigenvalue weighted by atomic mass is 32.1. The minimum absolute atomic E-state index is 0.00748. The van der Waals surface area contributed by atoms with E-state index >= 15 is 0 Å². The summed E-state index contributed by atoms with van der Waals surface area (Å²) in [5, 5.41) is 31.0. The van der Waals surface area contributed by atoms with Crippen molar-refractivity contribution in [3.8, 4) is 22.1 Å². The fourth-order valence-corrected chi connectivity index (χ4v) is 3.34. The predicted molar refractivity (Wildman–Crippen MR) is 105 cm³/mol. The van der Waals surface area contributed by atoms with Crippen LogP contribution in [0.4, 0.5) is 5.82 Å². The Balaban J connectivity index is 1.69. The van der Waals surface area contributed by atoms with Gasteiger partial charge in [0.05, 0.1) is 10.6 Å². The van der Waals surface area contributed by atoms with Crippen molar-refractivity contribution >= 4 is 28.8 Å². The number of carbonyl (C=O) groups is 1. The maximum absolute atomic E-state index is 12.8. The number of phenolic OH excluding ortho intramolecular Hbond substituents is 1. The molecule has 4 rings (SSSR count). The van der Waals surface area contributed by atoms with E-state index in [2.05, 4.69) is 35.8 Å². The molecule has 0 saturated heterocycles. The number of carbonyl (C=O) groups excluding carboxylic acids is 1. The van der Waals surface area contributed by atoms with Gasteiger partial charge in [0, 0.05) is 5.56 Å². The van der Waals surface area contributed by atoms with Crippen molar-refractivity contribution in [2.24, 2.45) is 5.10 Å². The van der Waals surface area contributed by atoms with E-state index in [0.29, 0.717) is 21.8 Å². The van der Waals surface area contributed by atoms with E-state index in [1.54, 1.807) is 31.2 Å². The summed E-state index contributed by atoms with van der Waals surface area (Å²) in [5.74, 6) is -0.409. The van der Waals surface area contributed by atoms with Gasteiger partial charge in [0.25, 0.3) is 5.91 Å². The van der Waals surface area contributed by atoms with Crippen molar-refractivity contribution in [2.75, 3.05) is 5.73 Å². The summed E-state index contributed by atoms with van der Waals surface area (Å²) >= 11 is 1.38. The van der Waals surface area contributed by atoms with Gasteiger partial charge in [0.15, 0.2) is 5.69 Å². The molecule has 12 heteroatoms. The van der Waals surface area contributed by atoms with Gasteiger partial charge >= 0.3 is 0 Å². The number of rotatable bonds is 5. The van der Waals surface area contributed by atoms with Crippen LogP contribution in [0.25, 0.3) is 16.4 Å². The van der Waals surface area contributed by atoms with Gasteiger partial charge in [0.2, 0.25) is 11.6 Å². The summed E-state index contributed by atoms with van der Waals surface area (Å²) < 4.78 is 5.91. The Hall–Kier alpha value is -4.06. The van der Waals surface area contributed by atoms with Crippen molar-refractivity contribution in [3.05, 3.63) is 53.0 Å². The topological polar surface area (TPSA) is 157 Å². The molecule has 0 unspecified atom stereocenters. The maximum atomic E-state index is 12.8. The molecule has 0 bridgehead atoms. The van der Waals surface area contributed by atoms with Crippen LogP contribution in [0.5, 0.6) is 5.75 Å². The average Bonchev–Trinajstić information content (AvgIpc) is 3.45. The molecule has 0 aliphatic carbocycles. The van der Waals surface area contributed by atoms with Gasteiger partial charge in [-0.2, -0.15) is 9.78 Å². The molecule has 4 aromatic rings. The van der Waals surface area contributed by atoms with Crippen LogP contribution < -0.4 is 11.2 Å². The molecule has 146 valence electrons. The number of phenols is 1. The monoisotopic (exact) mass is 410 g/mol. The molecule has 29 heavy (non-hydrogen) atoms. The second kappa shape index (κ2) is 7.52. The molecule has 1 aromatic carbocycles. The molecule has 0 radical (unpaired) electrons. The highest BCUT2D eigenvalue weighted by molar-refractivity contribution is 7.13. The van der Waals surface area contributed by atoms with Gasteiger partial charge in [-0.15, -0.1) is 16.4 Å². The minimum atomic E-state index is -0.593. The number of nitrogen functional groups attached to an aromatic ring is 1. The molecule has 11 nitrogen and oxygen atoms in total. The molecule has 4 N–H and O–H groups in total. The molecule has 3 aromatic heterocycles. The zero-order valence-electron chi connectivity index (χ0n) is 15.0. The predicted octanol–water partition coefficient (Wildman–Crippen LogP) is 1.82. The van der Waals surface area contributed by atoms with Crippen LogP contribution in [0.1, 0.15) is 23.0 Å². The number of nitrogens with two attached hydrogens (primary N) is 1. The third-order valence-corrected chi connectivity index (χ3v) is 4.83. The van der Waals surface area contributed by atoms with Crippen molar-refractivity contribution in [1.82, 2.24) is 30.7 Å².